The van der Waals surface area contributed by atoms with E-state index >= 15 is 0 Å². The van der Waals surface area contributed by atoms with Gasteiger partial charge in [-0.3, -0.25) is 24.2 Å². The lowest BCUT2D eigenvalue weighted by Gasteiger charge is -2.18. The van der Waals surface area contributed by atoms with Crippen molar-refractivity contribution in [3.8, 4) is 11.5 Å². The van der Waals surface area contributed by atoms with Crippen molar-refractivity contribution < 1.29 is 29.0 Å². The standard InChI is InChI=1S/C21H16N2O6S2/c1-28-11-7-8-14(15(9-11)29-2)23-20(27)18(31-21(23)30)17-12-5-3-4-6-13(12)22(19(17)26)10-16(24)25/h3-9H,10H2,1-2H3,(H,24,25). The quantitative estimate of drug-likeness (QED) is 0.542. The van der Waals surface area contributed by atoms with Crippen LogP contribution >= 0.6 is 24.0 Å². The Morgan fingerprint density at radius 1 is 1.06 bits per heavy atom. The number of thioether (sulfide) groups is 1. The van der Waals surface area contributed by atoms with Gasteiger partial charge in [-0.2, -0.15) is 0 Å². The number of benzene rings is 2. The Morgan fingerprint density at radius 3 is 2.48 bits per heavy atom. The fraction of sp³-hybridized carbons (Fsp3) is 0.143. The summed E-state index contributed by atoms with van der Waals surface area (Å²) in [6, 6.07) is 11.7. The number of methoxy groups -OCH3 is 2. The number of thiocarbonyl (C=S) groups is 1. The highest BCUT2D eigenvalue weighted by atomic mass is 32.2. The summed E-state index contributed by atoms with van der Waals surface area (Å²) >= 11 is 6.44. The van der Waals surface area contributed by atoms with Gasteiger partial charge in [-0.25, -0.2) is 0 Å². The molecule has 31 heavy (non-hydrogen) atoms. The average Bonchev–Trinajstić information content (AvgIpc) is 3.19. The van der Waals surface area contributed by atoms with Crippen molar-refractivity contribution in [3.63, 3.8) is 0 Å². The predicted octanol–water partition coefficient (Wildman–Crippen LogP) is 2.91. The maximum atomic E-state index is 13.4. The zero-order valence-corrected chi connectivity index (χ0v) is 18.1. The minimum atomic E-state index is -1.15. The van der Waals surface area contributed by atoms with Gasteiger partial charge < -0.3 is 14.6 Å². The maximum absolute atomic E-state index is 13.4. The molecule has 2 aromatic carbocycles. The molecule has 1 N–H and O–H groups in total. The number of carbonyl (C=O) groups is 3. The molecule has 8 nitrogen and oxygen atoms in total. The molecule has 10 heteroatoms. The van der Waals surface area contributed by atoms with Gasteiger partial charge in [0.25, 0.3) is 11.8 Å². The number of rotatable bonds is 5. The Hall–Kier alpha value is -3.37. The second-order valence-electron chi connectivity index (χ2n) is 6.55. The van der Waals surface area contributed by atoms with E-state index < -0.39 is 24.3 Å². The first-order chi connectivity index (χ1) is 14.9. The van der Waals surface area contributed by atoms with Crippen molar-refractivity contribution in [1.29, 1.82) is 0 Å². The van der Waals surface area contributed by atoms with Gasteiger partial charge in [0.1, 0.15) is 18.0 Å². The van der Waals surface area contributed by atoms with Gasteiger partial charge in [0.15, 0.2) is 4.32 Å². The van der Waals surface area contributed by atoms with Crippen LogP contribution in [0.15, 0.2) is 47.4 Å². The number of para-hydroxylation sites is 1. The van der Waals surface area contributed by atoms with Crippen LogP contribution in [0.2, 0.25) is 0 Å². The highest BCUT2D eigenvalue weighted by Crippen LogP contribution is 2.47. The second kappa shape index (κ2) is 8.05. The van der Waals surface area contributed by atoms with Gasteiger partial charge in [-0.15, -0.1) is 0 Å². The van der Waals surface area contributed by atoms with Crippen molar-refractivity contribution >= 4 is 63.0 Å². The number of carbonyl (C=O) groups excluding carboxylic acids is 2. The number of hydrogen-bond donors (Lipinski definition) is 1. The molecule has 2 heterocycles. The van der Waals surface area contributed by atoms with E-state index in [1.165, 1.54) is 19.1 Å². The lowest BCUT2D eigenvalue weighted by Crippen LogP contribution is -2.33. The number of carboxylic acids is 1. The molecule has 0 unspecified atom stereocenters. The average molecular weight is 457 g/mol. The van der Waals surface area contributed by atoms with E-state index in [0.717, 1.165) is 16.7 Å². The van der Waals surface area contributed by atoms with Crippen molar-refractivity contribution in [2.45, 2.75) is 0 Å². The Bertz CT molecular complexity index is 1180. The number of aliphatic carboxylic acids is 1. The molecular formula is C21H16N2O6S2. The Morgan fingerprint density at radius 2 is 1.81 bits per heavy atom. The summed E-state index contributed by atoms with van der Waals surface area (Å²) in [4.78, 5) is 40.4. The van der Waals surface area contributed by atoms with Gasteiger partial charge in [0, 0.05) is 11.6 Å². The topological polar surface area (TPSA) is 96.4 Å². The number of amides is 2. The lowest BCUT2D eigenvalue weighted by atomic mass is 10.1. The largest absolute Gasteiger partial charge is 0.497 e. The number of nitrogens with zero attached hydrogens (tertiary/aromatic N) is 2. The molecule has 0 radical (unpaired) electrons. The van der Waals surface area contributed by atoms with Gasteiger partial charge in [-0.05, 0) is 18.2 Å². The Balaban J connectivity index is 1.82. The zero-order valence-electron chi connectivity index (χ0n) is 16.4. The first-order valence-electron chi connectivity index (χ1n) is 9.03. The van der Waals surface area contributed by atoms with Gasteiger partial charge in [0.2, 0.25) is 0 Å². The molecule has 1 fully saturated rings. The fourth-order valence-corrected chi connectivity index (χ4v) is 4.84. The number of carboxylic acid groups (broad SMARTS) is 1. The second-order valence-corrected chi connectivity index (χ2v) is 8.20. The third-order valence-corrected chi connectivity index (χ3v) is 6.21. The first-order valence-corrected chi connectivity index (χ1v) is 10.3. The summed E-state index contributed by atoms with van der Waals surface area (Å²) in [5.74, 6) is -1.25. The lowest BCUT2D eigenvalue weighted by molar-refractivity contribution is -0.136. The molecule has 2 aromatic rings. The van der Waals surface area contributed by atoms with E-state index in [1.54, 1.807) is 42.5 Å². The predicted molar refractivity (Wildman–Crippen MR) is 121 cm³/mol. The highest BCUT2D eigenvalue weighted by Gasteiger charge is 2.43. The molecular weight excluding hydrogens is 440 g/mol. The van der Waals surface area contributed by atoms with Crippen LogP contribution in [-0.2, 0) is 14.4 Å². The van der Waals surface area contributed by atoms with Crippen molar-refractivity contribution in [2.24, 2.45) is 0 Å². The van der Waals surface area contributed by atoms with Crippen molar-refractivity contribution in [1.82, 2.24) is 0 Å². The third-order valence-electron chi connectivity index (χ3n) is 4.84. The monoisotopic (exact) mass is 456 g/mol. The van der Waals surface area contributed by atoms with E-state index in [-0.39, 0.29) is 14.8 Å². The van der Waals surface area contributed by atoms with Crippen LogP contribution in [0.1, 0.15) is 5.56 Å². The first kappa shape index (κ1) is 20.9. The van der Waals surface area contributed by atoms with E-state index in [2.05, 4.69) is 0 Å². The summed E-state index contributed by atoms with van der Waals surface area (Å²) in [6.07, 6.45) is 0. The molecule has 0 atom stereocenters. The zero-order chi connectivity index (χ0) is 22.3. The van der Waals surface area contributed by atoms with Crippen LogP contribution in [-0.4, -0.2) is 48.0 Å². The molecule has 0 bridgehead atoms. The number of hydrogen-bond acceptors (Lipinski definition) is 7. The van der Waals surface area contributed by atoms with E-state index in [4.69, 9.17) is 21.7 Å². The summed E-state index contributed by atoms with van der Waals surface area (Å²) in [7, 11) is 2.99. The minimum absolute atomic E-state index is 0.143. The fourth-order valence-electron chi connectivity index (χ4n) is 3.49. The number of anilines is 2. The van der Waals surface area contributed by atoms with Crippen LogP contribution in [0.4, 0.5) is 11.4 Å². The summed E-state index contributed by atoms with van der Waals surface area (Å²) < 4.78 is 10.8. The van der Waals surface area contributed by atoms with Crippen LogP contribution in [0.5, 0.6) is 11.5 Å². The van der Waals surface area contributed by atoms with E-state index in [0.29, 0.717) is 28.4 Å². The van der Waals surface area contributed by atoms with Gasteiger partial charge >= 0.3 is 5.97 Å². The summed E-state index contributed by atoms with van der Waals surface area (Å²) in [5.41, 5.74) is 1.50. The molecule has 1 saturated heterocycles. The van der Waals surface area contributed by atoms with Crippen LogP contribution < -0.4 is 19.3 Å². The molecule has 0 spiro atoms. The Kier molecular flexibility index (Phi) is 5.42. The Labute approximate surface area is 187 Å². The molecule has 0 aromatic heterocycles. The molecule has 0 saturated carbocycles. The molecule has 2 amide bonds. The normalized spacial score (nSPS) is 17.9. The third kappa shape index (κ3) is 3.43. The molecule has 0 aliphatic carbocycles. The number of ether oxygens (including phenoxy) is 2. The number of fused-ring (bicyclic) bond motifs is 1. The van der Waals surface area contributed by atoms with Crippen molar-refractivity contribution in [3.05, 3.63) is 52.9 Å². The summed E-state index contributed by atoms with van der Waals surface area (Å²) in [5, 5.41) is 9.22. The van der Waals surface area contributed by atoms with Crippen LogP contribution in [0.25, 0.3) is 5.57 Å². The molecule has 4 rings (SSSR count). The van der Waals surface area contributed by atoms with Crippen molar-refractivity contribution in [2.75, 3.05) is 30.6 Å². The maximum Gasteiger partial charge on any atom is 0.323 e. The van der Waals surface area contributed by atoms with E-state index in [1.807, 2.05) is 0 Å². The van der Waals surface area contributed by atoms with E-state index in [9.17, 15) is 19.5 Å². The highest BCUT2D eigenvalue weighted by molar-refractivity contribution is 8.27. The van der Waals surface area contributed by atoms with Gasteiger partial charge in [-0.1, -0.05) is 42.2 Å². The molecule has 2 aliphatic heterocycles. The SMILES string of the molecule is COc1ccc(N2C(=O)C(=C3C(=O)N(CC(=O)O)c4ccccc43)SC2=S)c(OC)c1. The smallest absolute Gasteiger partial charge is 0.323 e. The summed E-state index contributed by atoms with van der Waals surface area (Å²) in [6.45, 7) is -0.508. The minimum Gasteiger partial charge on any atom is -0.497 e. The van der Waals surface area contributed by atoms with Crippen LogP contribution in [0, 0.1) is 0 Å². The molecule has 2 aliphatic rings. The molecule has 158 valence electrons. The van der Waals surface area contributed by atoms with Gasteiger partial charge in [0.05, 0.1) is 36.1 Å². The van der Waals surface area contributed by atoms with Crippen LogP contribution in [0.3, 0.4) is 0 Å².